The first-order valence-corrected chi connectivity index (χ1v) is 10.1. The molecule has 0 spiro atoms. The minimum absolute atomic E-state index is 0.0220. The minimum atomic E-state index is -3.84. The molecule has 6 nitrogen and oxygen atoms in total. The number of carbonyl (C=O) groups excluding carboxylic acids is 1. The van der Waals surface area contributed by atoms with Gasteiger partial charge in [0.2, 0.25) is 5.91 Å². The second-order valence-corrected chi connectivity index (χ2v) is 8.26. The van der Waals surface area contributed by atoms with Crippen molar-refractivity contribution in [3.63, 3.8) is 0 Å². The van der Waals surface area contributed by atoms with Crippen LogP contribution in [0.15, 0.2) is 51.8 Å². The molecule has 3 rings (SSSR count). The first-order valence-electron chi connectivity index (χ1n) is 7.25. The summed E-state index contributed by atoms with van der Waals surface area (Å²) in [5.41, 5.74) is 2.06. The lowest BCUT2D eigenvalue weighted by molar-refractivity contribution is -0.113. The number of anilines is 2. The summed E-state index contributed by atoms with van der Waals surface area (Å²) >= 11 is 6.85. The Kier molecular flexibility index (Phi) is 5.03. The van der Waals surface area contributed by atoms with Crippen LogP contribution in [0.25, 0.3) is 0 Å². The fourth-order valence-corrected chi connectivity index (χ4v) is 4.50. The molecule has 2 N–H and O–H groups in total. The molecule has 2 aromatic carbocycles. The van der Waals surface area contributed by atoms with Gasteiger partial charge in [-0.05, 0) is 36.8 Å². The first-order chi connectivity index (χ1) is 11.8. The highest BCUT2D eigenvalue weighted by atomic mass is 35.5. The van der Waals surface area contributed by atoms with Crippen molar-refractivity contribution < 1.29 is 13.2 Å². The number of amidine groups is 1. The quantitative estimate of drug-likeness (QED) is 0.830. The molecule has 0 unspecified atom stereocenters. The van der Waals surface area contributed by atoms with E-state index in [1.807, 2.05) is 25.1 Å². The average molecular weight is 396 g/mol. The van der Waals surface area contributed by atoms with Gasteiger partial charge in [-0.15, -0.1) is 4.40 Å². The van der Waals surface area contributed by atoms with Crippen LogP contribution in [0.1, 0.15) is 5.56 Å². The van der Waals surface area contributed by atoms with Crippen LogP contribution in [0, 0.1) is 6.92 Å². The molecule has 1 heterocycles. The predicted octanol–water partition coefficient (Wildman–Crippen LogP) is 3.49. The van der Waals surface area contributed by atoms with Gasteiger partial charge in [0.05, 0.1) is 11.4 Å². The summed E-state index contributed by atoms with van der Waals surface area (Å²) in [6.45, 7) is 1.89. The number of sulfonamides is 1. The van der Waals surface area contributed by atoms with Gasteiger partial charge in [0.1, 0.15) is 4.90 Å². The molecule has 0 atom stereocenters. The molecule has 25 heavy (non-hydrogen) atoms. The molecule has 0 aromatic heterocycles. The number of fused-ring (bicyclic) bond motifs is 1. The van der Waals surface area contributed by atoms with E-state index in [4.69, 9.17) is 11.6 Å². The Morgan fingerprint density at radius 1 is 1.28 bits per heavy atom. The Morgan fingerprint density at radius 3 is 2.80 bits per heavy atom. The fraction of sp³-hybridized carbons (Fsp3) is 0.125. The van der Waals surface area contributed by atoms with E-state index in [2.05, 4.69) is 15.0 Å². The van der Waals surface area contributed by atoms with Crippen LogP contribution in [0.3, 0.4) is 0 Å². The van der Waals surface area contributed by atoms with Gasteiger partial charge in [-0.3, -0.25) is 4.79 Å². The summed E-state index contributed by atoms with van der Waals surface area (Å²) < 4.78 is 28.1. The smallest absolute Gasteiger partial charge is 0.286 e. The standard InChI is InChI=1S/C16H14ClN3O3S2/c1-10-4-2-3-5-12(10)18-15(21)9-24-16-19-13-7-6-11(17)8-14(13)25(22,23)20-16/h2-8H,9H2,1H3,(H,18,21)(H,19,20). The molecule has 2 aromatic rings. The lowest BCUT2D eigenvalue weighted by atomic mass is 10.2. The van der Waals surface area contributed by atoms with Gasteiger partial charge in [-0.25, -0.2) is 0 Å². The fourth-order valence-electron chi connectivity index (χ4n) is 2.20. The van der Waals surface area contributed by atoms with Crippen molar-refractivity contribution in [2.45, 2.75) is 11.8 Å². The normalized spacial score (nSPS) is 14.9. The highest BCUT2D eigenvalue weighted by molar-refractivity contribution is 8.15. The van der Waals surface area contributed by atoms with Gasteiger partial charge in [0, 0.05) is 10.7 Å². The summed E-state index contributed by atoms with van der Waals surface area (Å²) in [5.74, 6) is -0.221. The monoisotopic (exact) mass is 395 g/mol. The number of halogens is 1. The lowest BCUT2D eigenvalue weighted by Gasteiger charge is -2.17. The Morgan fingerprint density at radius 2 is 2.04 bits per heavy atom. The zero-order valence-electron chi connectivity index (χ0n) is 13.1. The maximum Gasteiger partial charge on any atom is 0.286 e. The Bertz CT molecular complexity index is 974. The third-order valence-electron chi connectivity index (χ3n) is 3.43. The van der Waals surface area contributed by atoms with E-state index in [1.54, 1.807) is 18.2 Å². The Balaban J connectivity index is 1.68. The number of amides is 1. The molecule has 0 fully saturated rings. The van der Waals surface area contributed by atoms with Gasteiger partial charge in [0.25, 0.3) is 10.0 Å². The van der Waals surface area contributed by atoms with Gasteiger partial charge in [-0.1, -0.05) is 41.6 Å². The van der Waals surface area contributed by atoms with Crippen LogP contribution in [0.2, 0.25) is 5.02 Å². The molecule has 0 bridgehead atoms. The molecule has 1 aliphatic heterocycles. The van der Waals surface area contributed by atoms with E-state index in [0.29, 0.717) is 10.7 Å². The maximum atomic E-state index is 12.2. The van der Waals surface area contributed by atoms with Gasteiger partial charge < -0.3 is 10.6 Å². The van der Waals surface area contributed by atoms with E-state index < -0.39 is 10.0 Å². The van der Waals surface area contributed by atoms with Gasteiger partial charge in [0.15, 0.2) is 5.17 Å². The third kappa shape index (κ3) is 4.15. The molecule has 1 aliphatic rings. The van der Waals surface area contributed by atoms with E-state index in [1.165, 1.54) is 6.07 Å². The van der Waals surface area contributed by atoms with Crippen molar-refractivity contribution in [1.29, 1.82) is 0 Å². The molecular formula is C16H14ClN3O3S2. The molecular weight excluding hydrogens is 382 g/mol. The summed E-state index contributed by atoms with van der Waals surface area (Å²) in [7, 11) is -3.84. The van der Waals surface area contributed by atoms with Crippen LogP contribution in [-0.4, -0.2) is 25.2 Å². The molecule has 0 radical (unpaired) electrons. The van der Waals surface area contributed by atoms with Gasteiger partial charge in [-0.2, -0.15) is 8.42 Å². The second kappa shape index (κ2) is 7.07. The molecule has 9 heteroatoms. The van der Waals surface area contributed by atoms with Crippen LogP contribution in [-0.2, 0) is 14.8 Å². The number of aryl methyl sites for hydroxylation is 1. The highest BCUT2D eigenvalue weighted by Gasteiger charge is 2.25. The number of benzene rings is 2. The van der Waals surface area contributed by atoms with Crippen LogP contribution < -0.4 is 10.6 Å². The van der Waals surface area contributed by atoms with Crippen LogP contribution in [0.5, 0.6) is 0 Å². The van der Waals surface area contributed by atoms with Crippen LogP contribution in [0.4, 0.5) is 11.4 Å². The number of nitrogens with zero attached hydrogens (tertiary/aromatic N) is 1. The zero-order valence-corrected chi connectivity index (χ0v) is 15.5. The van der Waals surface area contributed by atoms with Crippen molar-refractivity contribution in [2.24, 2.45) is 4.40 Å². The number of nitrogens with one attached hydrogen (secondary N) is 2. The Labute approximate surface area is 154 Å². The second-order valence-electron chi connectivity index (χ2n) is 5.29. The van der Waals surface area contributed by atoms with E-state index in [9.17, 15) is 13.2 Å². The van der Waals surface area contributed by atoms with E-state index in [0.717, 1.165) is 23.0 Å². The molecule has 130 valence electrons. The lowest BCUT2D eigenvalue weighted by Crippen LogP contribution is -2.22. The van der Waals surface area contributed by atoms with Crippen molar-refractivity contribution in [3.8, 4) is 0 Å². The SMILES string of the molecule is Cc1ccccc1NC(=O)CSC1=NS(=O)(=O)c2cc(Cl)ccc2N1. The first kappa shape index (κ1) is 17.8. The highest BCUT2D eigenvalue weighted by Crippen LogP contribution is 2.31. The summed E-state index contributed by atoms with van der Waals surface area (Å²) in [6.07, 6.45) is 0. The van der Waals surface area contributed by atoms with Crippen molar-refractivity contribution in [2.75, 3.05) is 16.4 Å². The number of hydrogen-bond donors (Lipinski definition) is 2. The average Bonchev–Trinajstić information content (AvgIpc) is 2.55. The van der Waals surface area contributed by atoms with Crippen LogP contribution >= 0.6 is 23.4 Å². The van der Waals surface area contributed by atoms with E-state index in [-0.39, 0.29) is 21.7 Å². The van der Waals surface area contributed by atoms with E-state index >= 15 is 0 Å². The summed E-state index contributed by atoms with van der Waals surface area (Å²) in [5, 5.41) is 6.15. The largest absolute Gasteiger partial charge is 0.333 e. The third-order valence-corrected chi connectivity index (χ3v) is 5.97. The molecule has 0 saturated heterocycles. The molecule has 0 aliphatic carbocycles. The molecule has 1 amide bonds. The number of carbonyl (C=O) groups is 1. The Hall–Kier alpha value is -2.03. The minimum Gasteiger partial charge on any atom is -0.333 e. The van der Waals surface area contributed by atoms with Crippen molar-refractivity contribution in [3.05, 3.63) is 53.1 Å². The summed E-state index contributed by atoms with van der Waals surface area (Å²) in [6, 6.07) is 11.9. The summed E-state index contributed by atoms with van der Waals surface area (Å²) in [4.78, 5) is 12.1. The topological polar surface area (TPSA) is 87.6 Å². The van der Waals surface area contributed by atoms with Gasteiger partial charge >= 0.3 is 0 Å². The number of rotatable bonds is 3. The number of para-hydroxylation sites is 1. The zero-order chi connectivity index (χ0) is 18.0. The molecule has 0 saturated carbocycles. The predicted molar refractivity (Wildman–Crippen MR) is 102 cm³/mol. The van der Waals surface area contributed by atoms with Crippen molar-refractivity contribution >= 4 is 55.8 Å². The number of hydrogen-bond acceptors (Lipinski definition) is 5. The maximum absolute atomic E-state index is 12.2. The number of thioether (sulfide) groups is 1. The van der Waals surface area contributed by atoms with Crippen molar-refractivity contribution in [1.82, 2.24) is 0 Å².